The Hall–Kier alpha value is -2.98. The SMILES string of the molecule is N#Cc1nc2cc3ccccc3cc2nc1C#N. The van der Waals surface area contributed by atoms with Gasteiger partial charge in [0, 0.05) is 0 Å². The van der Waals surface area contributed by atoms with Gasteiger partial charge in [0.25, 0.3) is 0 Å². The van der Waals surface area contributed by atoms with E-state index in [9.17, 15) is 0 Å². The van der Waals surface area contributed by atoms with E-state index in [1.165, 1.54) is 0 Å². The second-order valence-electron chi connectivity index (χ2n) is 3.83. The molecule has 3 aromatic rings. The summed E-state index contributed by atoms with van der Waals surface area (Å²) in [6, 6.07) is 15.4. The monoisotopic (exact) mass is 230 g/mol. The van der Waals surface area contributed by atoms with Crippen molar-refractivity contribution in [3.63, 3.8) is 0 Å². The molecule has 0 saturated carbocycles. The van der Waals surface area contributed by atoms with Crippen LogP contribution in [0, 0.1) is 22.7 Å². The van der Waals surface area contributed by atoms with E-state index >= 15 is 0 Å². The number of nitriles is 2. The van der Waals surface area contributed by atoms with Gasteiger partial charge in [-0.2, -0.15) is 10.5 Å². The third-order valence-electron chi connectivity index (χ3n) is 2.74. The predicted molar refractivity (Wildman–Crippen MR) is 66.5 cm³/mol. The second-order valence-corrected chi connectivity index (χ2v) is 3.83. The third kappa shape index (κ3) is 1.45. The van der Waals surface area contributed by atoms with E-state index in [0.717, 1.165) is 10.8 Å². The Kier molecular flexibility index (Phi) is 2.15. The summed E-state index contributed by atoms with van der Waals surface area (Å²) in [7, 11) is 0. The third-order valence-corrected chi connectivity index (χ3v) is 2.74. The second kappa shape index (κ2) is 3.80. The molecule has 0 aliphatic heterocycles. The molecule has 0 spiro atoms. The van der Waals surface area contributed by atoms with Crippen LogP contribution in [0.1, 0.15) is 11.4 Å². The quantitative estimate of drug-likeness (QED) is 0.556. The van der Waals surface area contributed by atoms with Gasteiger partial charge in [0.05, 0.1) is 11.0 Å². The minimum Gasteiger partial charge on any atom is -0.232 e. The summed E-state index contributed by atoms with van der Waals surface area (Å²) in [4.78, 5) is 8.34. The smallest absolute Gasteiger partial charge is 0.177 e. The molecule has 4 heteroatoms. The van der Waals surface area contributed by atoms with Gasteiger partial charge < -0.3 is 0 Å². The molecule has 1 aromatic heterocycles. The van der Waals surface area contributed by atoms with Crippen LogP contribution >= 0.6 is 0 Å². The van der Waals surface area contributed by atoms with E-state index in [1.54, 1.807) is 0 Å². The number of fused-ring (bicyclic) bond motifs is 2. The molecule has 0 amide bonds. The maximum absolute atomic E-state index is 8.92. The summed E-state index contributed by atoms with van der Waals surface area (Å²) in [5.74, 6) is 0. The Morgan fingerprint density at radius 2 is 1.22 bits per heavy atom. The molecule has 0 fully saturated rings. The first kappa shape index (κ1) is 10.2. The molecule has 0 radical (unpaired) electrons. The molecular weight excluding hydrogens is 224 g/mol. The van der Waals surface area contributed by atoms with E-state index < -0.39 is 0 Å². The van der Waals surface area contributed by atoms with Gasteiger partial charge in [0.1, 0.15) is 12.1 Å². The molecule has 0 atom stereocenters. The van der Waals surface area contributed by atoms with Crippen LogP contribution in [0.4, 0.5) is 0 Å². The molecule has 2 aromatic carbocycles. The highest BCUT2D eigenvalue weighted by Gasteiger charge is 2.08. The lowest BCUT2D eigenvalue weighted by Gasteiger charge is -2.02. The van der Waals surface area contributed by atoms with Crippen molar-refractivity contribution in [3.05, 3.63) is 47.8 Å². The molecule has 0 unspecified atom stereocenters. The first-order valence-electron chi connectivity index (χ1n) is 5.32. The zero-order chi connectivity index (χ0) is 12.5. The number of aromatic nitrogens is 2. The van der Waals surface area contributed by atoms with E-state index in [2.05, 4.69) is 9.97 Å². The average Bonchev–Trinajstić information content (AvgIpc) is 2.43. The number of rotatable bonds is 0. The molecule has 82 valence electrons. The van der Waals surface area contributed by atoms with Gasteiger partial charge in [-0.25, -0.2) is 9.97 Å². The molecule has 4 nitrogen and oxygen atoms in total. The van der Waals surface area contributed by atoms with Gasteiger partial charge in [0.2, 0.25) is 0 Å². The van der Waals surface area contributed by atoms with Crippen LogP contribution in [0.25, 0.3) is 21.8 Å². The van der Waals surface area contributed by atoms with Crippen molar-refractivity contribution < 1.29 is 0 Å². The summed E-state index contributed by atoms with van der Waals surface area (Å²) >= 11 is 0. The Morgan fingerprint density at radius 3 is 1.61 bits per heavy atom. The van der Waals surface area contributed by atoms with Crippen LogP contribution < -0.4 is 0 Å². The number of hydrogen-bond donors (Lipinski definition) is 0. The molecule has 18 heavy (non-hydrogen) atoms. The predicted octanol–water partition coefficient (Wildman–Crippen LogP) is 2.53. The molecular formula is C14H6N4. The van der Waals surface area contributed by atoms with Crippen LogP contribution in [-0.4, -0.2) is 9.97 Å². The van der Waals surface area contributed by atoms with Crippen molar-refractivity contribution >= 4 is 21.8 Å². The summed E-state index contributed by atoms with van der Waals surface area (Å²) < 4.78 is 0. The fourth-order valence-electron chi connectivity index (χ4n) is 1.90. The van der Waals surface area contributed by atoms with Gasteiger partial charge in [-0.1, -0.05) is 24.3 Å². The molecule has 3 rings (SSSR count). The first-order chi connectivity index (χ1) is 8.81. The van der Waals surface area contributed by atoms with Crippen LogP contribution in [0.2, 0.25) is 0 Å². The van der Waals surface area contributed by atoms with Crippen LogP contribution in [0.3, 0.4) is 0 Å². The number of nitrogens with zero attached hydrogens (tertiary/aromatic N) is 4. The Labute approximate surface area is 103 Å². The highest BCUT2D eigenvalue weighted by molar-refractivity contribution is 5.95. The molecule has 0 aliphatic rings. The molecule has 0 saturated heterocycles. The lowest BCUT2D eigenvalue weighted by atomic mass is 10.1. The molecule has 1 heterocycles. The summed E-state index contributed by atoms with van der Waals surface area (Å²) in [5, 5.41) is 19.9. The number of benzene rings is 2. The lowest BCUT2D eigenvalue weighted by molar-refractivity contribution is 1.20. The van der Waals surface area contributed by atoms with Crippen molar-refractivity contribution in [1.82, 2.24) is 9.97 Å². The summed E-state index contributed by atoms with van der Waals surface area (Å²) in [6.07, 6.45) is 0. The van der Waals surface area contributed by atoms with Crippen molar-refractivity contribution in [2.24, 2.45) is 0 Å². The van der Waals surface area contributed by atoms with Crippen molar-refractivity contribution in [2.75, 3.05) is 0 Å². The van der Waals surface area contributed by atoms with E-state index in [-0.39, 0.29) is 11.4 Å². The molecule has 0 N–H and O–H groups in total. The van der Waals surface area contributed by atoms with Gasteiger partial charge in [0.15, 0.2) is 11.4 Å². The Morgan fingerprint density at radius 1 is 0.778 bits per heavy atom. The normalized spacial score (nSPS) is 10.1. The molecule has 0 bridgehead atoms. The summed E-state index contributed by atoms with van der Waals surface area (Å²) in [6.45, 7) is 0. The Bertz CT molecular complexity index is 781. The highest BCUT2D eigenvalue weighted by Crippen LogP contribution is 2.21. The maximum Gasteiger partial charge on any atom is 0.177 e. The van der Waals surface area contributed by atoms with Gasteiger partial charge in [-0.15, -0.1) is 0 Å². The van der Waals surface area contributed by atoms with Crippen molar-refractivity contribution in [3.8, 4) is 12.1 Å². The van der Waals surface area contributed by atoms with Gasteiger partial charge in [-0.05, 0) is 22.9 Å². The average molecular weight is 230 g/mol. The van der Waals surface area contributed by atoms with E-state index in [4.69, 9.17) is 10.5 Å². The van der Waals surface area contributed by atoms with E-state index in [1.807, 2.05) is 48.5 Å². The zero-order valence-electron chi connectivity index (χ0n) is 9.25. The summed E-state index contributed by atoms with van der Waals surface area (Å²) in [5.41, 5.74) is 1.40. The van der Waals surface area contributed by atoms with Gasteiger partial charge >= 0.3 is 0 Å². The van der Waals surface area contributed by atoms with Gasteiger partial charge in [-0.3, -0.25) is 0 Å². The topological polar surface area (TPSA) is 73.4 Å². The minimum absolute atomic E-state index is 0.0697. The van der Waals surface area contributed by atoms with Crippen molar-refractivity contribution in [2.45, 2.75) is 0 Å². The highest BCUT2D eigenvalue weighted by atomic mass is 14.8. The maximum atomic E-state index is 8.92. The Balaban J connectivity index is 2.45. The van der Waals surface area contributed by atoms with Crippen molar-refractivity contribution in [1.29, 1.82) is 10.5 Å². The van der Waals surface area contributed by atoms with Crippen LogP contribution in [0.5, 0.6) is 0 Å². The first-order valence-corrected chi connectivity index (χ1v) is 5.32. The fourth-order valence-corrected chi connectivity index (χ4v) is 1.90. The molecule has 0 aliphatic carbocycles. The zero-order valence-corrected chi connectivity index (χ0v) is 9.25. The van der Waals surface area contributed by atoms with Crippen LogP contribution in [-0.2, 0) is 0 Å². The fraction of sp³-hybridized carbons (Fsp3) is 0. The minimum atomic E-state index is 0.0697. The van der Waals surface area contributed by atoms with Crippen LogP contribution in [0.15, 0.2) is 36.4 Å². The lowest BCUT2D eigenvalue weighted by Crippen LogP contribution is -1.95. The number of hydrogen-bond acceptors (Lipinski definition) is 4. The van der Waals surface area contributed by atoms with E-state index in [0.29, 0.717) is 11.0 Å². The standard InChI is InChI=1S/C14H6N4/c15-7-13-14(8-16)18-12-6-10-4-2-1-3-9(10)5-11(12)17-13/h1-6H. The largest absolute Gasteiger partial charge is 0.232 e.